The Hall–Kier alpha value is -0.620. The normalized spacial score (nSPS) is 16.8. The third-order valence-electron chi connectivity index (χ3n) is 2.75. The molecule has 1 aromatic carbocycles. The zero-order valence-electron chi connectivity index (χ0n) is 9.10. The van der Waals surface area contributed by atoms with Crippen LogP contribution < -0.4 is 0 Å². The van der Waals surface area contributed by atoms with Crippen LogP contribution in [-0.4, -0.2) is 38.6 Å². The summed E-state index contributed by atoms with van der Waals surface area (Å²) in [5.74, 6) is 0. The lowest BCUT2D eigenvalue weighted by molar-refractivity contribution is 0.0416. The van der Waals surface area contributed by atoms with Crippen LogP contribution in [0.3, 0.4) is 0 Å². The number of rotatable bonds is 4. The maximum atomic E-state index is 12.1. The molecule has 1 heterocycles. The van der Waals surface area contributed by atoms with Crippen molar-refractivity contribution >= 4 is 21.4 Å². The minimum Gasteiger partial charge on any atom is -0.396 e. The monoisotopic (exact) mass is 276 g/mol. The average Bonchev–Trinajstić information content (AvgIpc) is 2.13. The van der Waals surface area contributed by atoms with Crippen LogP contribution >= 0.6 is 11.6 Å². The van der Waals surface area contributed by atoms with E-state index in [0.717, 1.165) is 5.56 Å². The molecule has 0 atom stereocenters. The first-order chi connectivity index (χ1) is 8.05. The Balaban J connectivity index is 2.33. The molecule has 1 aromatic rings. The molecule has 0 spiro atoms. The molecule has 2 rings (SSSR count). The first-order valence-electron chi connectivity index (χ1n) is 5.26. The molecule has 0 amide bonds. The molecule has 1 saturated heterocycles. The summed E-state index contributed by atoms with van der Waals surface area (Å²) < 4.78 is 29.1. The van der Waals surface area contributed by atoms with Gasteiger partial charge in [0.2, 0.25) is 0 Å². The molecule has 1 fully saturated rings. The van der Waals surface area contributed by atoms with Gasteiger partial charge in [-0.3, -0.25) is 0 Å². The SMILES string of the molecule is O=S(=O)(c1ccc(CCO)cc1Cl)C1COC1. The lowest BCUT2D eigenvalue weighted by Gasteiger charge is -2.26. The third kappa shape index (κ3) is 2.47. The van der Waals surface area contributed by atoms with Crippen LogP contribution in [0, 0.1) is 0 Å². The molecule has 0 aromatic heterocycles. The van der Waals surface area contributed by atoms with E-state index in [1.54, 1.807) is 12.1 Å². The summed E-state index contributed by atoms with van der Waals surface area (Å²) in [6, 6.07) is 4.76. The van der Waals surface area contributed by atoms with E-state index in [0.29, 0.717) is 6.42 Å². The van der Waals surface area contributed by atoms with E-state index in [4.69, 9.17) is 21.4 Å². The number of hydrogen-bond acceptors (Lipinski definition) is 4. The average molecular weight is 277 g/mol. The molecule has 6 heteroatoms. The largest absolute Gasteiger partial charge is 0.396 e. The number of aliphatic hydroxyl groups is 1. The molecule has 1 aliphatic rings. The van der Waals surface area contributed by atoms with E-state index in [9.17, 15) is 8.42 Å². The quantitative estimate of drug-likeness (QED) is 0.893. The summed E-state index contributed by atoms with van der Waals surface area (Å²) in [5, 5.41) is 8.53. The molecule has 1 aliphatic heterocycles. The van der Waals surface area contributed by atoms with Crippen LogP contribution in [-0.2, 0) is 21.0 Å². The first kappa shape index (κ1) is 12.8. The van der Waals surface area contributed by atoms with Gasteiger partial charge in [-0.15, -0.1) is 0 Å². The van der Waals surface area contributed by atoms with Crippen LogP contribution in [0.25, 0.3) is 0 Å². The van der Waals surface area contributed by atoms with E-state index >= 15 is 0 Å². The van der Waals surface area contributed by atoms with Crippen LogP contribution in [0.2, 0.25) is 5.02 Å². The summed E-state index contributed by atoms with van der Waals surface area (Å²) in [4.78, 5) is 0.147. The lowest BCUT2D eigenvalue weighted by atomic mass is 10.2. The van der Waals surface area contributed by atoms with Crippen LogP contribution in [0.5, 0.6) is 0 Å². The van der Waals surface area contributed by atoms with Crippen molar-refractivity contribution in [3.05, 3.63) is 28.8 Å². The number of aliphatic hydroxyl groups excluding tert-OH is 1. The number of hydrogen-bond donors (Lipinski definition) is 1. The smallest absolute Gasteiger partial charge is 0.187 e. The molecular formula is C11H13ClO4S. The molecule has 0 bridgehead atoms. The number of benzene rings is 1. The lowest BCUT2D eigenvalue weighted by Crippen LogP contribution is -2.40. The molecule has 94 valence electrons. The third-order valence-corrected chi connectivity index (χ3v) is 5.29. The Morgan fingerprint density at radius 2 is 2.12 bits per heavy atom. The summed E-state index contributed by atoms with van der Waals surface area (Å²) in [6.45, 7) is 0.479. The van der Waals surface area contributed by atoms with Gasteiger partial charge < -0.3 is 9.84 Å². The molecule has 0 unspecified atom stereocenters. The second-order valence-electron chi connectivity index (χ2n) is 3.94. The van der Waals surface area contributed by atoms with Gasteiger partial charge in [0.15, 0.2) is 9.84 Å². The fourth-order valence-corrected chi connectivity index (χ4v) is 3.66. The Labute approximate surface area is 105 Å². The van der Waals surface area contributed by atoms with Gasteiger partial charge in [-0.1, -0.05) is 17.7 Å². The Morgan fingerprint density at radius 3 is 2.59 bits per heavy atom. The predicted octanol–water partition coefficient (Wildman–Crippen LogP) is 1.05. The highest BCUT2D eigenvalue weighted by molar-refractivity contribution is 7.92. The maximum Gasteiger partial charge on any atom is 0.187 e. The van der Waals surface area contributed by atoms with Gasteiger partial charge in [-0.05, 0) is 24.1 Å². The second-order valence-corrected chi connectivity index (χ2v) is 6.55. The maximum absolute atomic E-state index is 12.1. The number of ether oxygens (including phenoxy) is 1. The van der Waals surface area contributed by atoms with Crippen molar-refractivity contribution in [3.63, 3.8) is 0 Å². The van der Waals surface area contributed by atoms with Crippen LogP contribution in [0.1, 0.15) is 5.56 Å². The van der Waals surface area contributed by atoms with Gasteiger partial charge in [-0.25, -0.2) is 8.42 Å². The van der Waals surface area contributed by atoms with Gasteiger partial charge in [0, 0.05) is 6.61 Å². The van der Waals surface area contributed by atoms with Crippen molar-refractivity contribution in [2.24, 2.45) is 0 Å². The van der Waals surface area contributed by atoms with E-state index in [2.05, 4.69) is 0 Å². The second kappa shape index (κ2) is 4.94. The van der Waals surface area contributed by atoms with Crippen LogP contribution in [0.15, 0.2) is 23.1 Å². The van der Waals surface area contributed by atoms with Gasteiger partial charge in [0.05, 0.1) is 23.1 Å². The summed E-state index contributed by atoms with van der Waals surface area (Å²) in [6.07, 6.45) is 0.465. The van der Waals surface area contributed by atoms with Crippen molar-refractivity contribution in [1.82, 2.24) is 0 Å². The Morgan fingerprint density at radius 1 is 1.41 bits per heavy atom. The minimum atomic E-state index is -3.38. The van der Waals surface area contributed by atoms with E-state index in [1.165, 1.54) is 6.07 Å². The zero-order valence-corrected chi connectivity index (χ0v) is 10.7. The minimum absolute atomic E-state index is 0.0128. The van der Waals surface area contributed by atoms with Crippen molar-refractivity contribution in [1.29, 1.82) is 0 Å². The number of halogens is 1. The Kier molecular flexibility index (Phi) is 3.73. The number of sulfone groups is 1. The van der Waals surface area contributed by atoms with E-state index in [-0.39, 0.29) is 29.7 Å². The van der Waals surface area contributed by atoms with E-state index in [1.807, 2.05) is 0 Å². The Bertz CT molecular complexity index is 508. The molecule has 1 N–H and O–H groups in total. The topological polar surface area (TPSA) is 63.6 Å². The molecule has 4 nitrogen and oxygen atoms in total. The first-order valence-corrected chi connectivity index (χ1v) is 7.19. The van der Waals surface area contributed by atoms with Crippen molar-refractivity contribution in [2.75, 3.05) is 19.8 Å². The van der Waals surface area contributed by atoms with Gasteiger partial charge in [-0.2, -0.15) is 0 Å². The summed E-state index contributed by atoms with van der Waals surface area (Å²) in [5.41, 5.74) is 0.821. The standard InChI is InChI=1S/C11H13ClO4S/c12-10-5-8(3-4-13)1-2-11(10)17(14,15)9-6-16-7-9/h1-2,5,9,13H,3-4,6-7H2. The van der Waals surface area contributed by atoms with Gasteiger partial charge in [0.1, 0.15) is 5.25 Å². The predicted molar refractivity (Wildman–Crippen MR) is 64.0 cm³/mol. The summed E-state index contributed by atoms with van der Waals surface area (Å²) >= 11 is 5.97. The van der Waals surface area contributed by atoms with Crippen molar-refractivity contribution < 1.29 is 18.3 Å². The molecule has 0 radical (unpaired) electrons. The molecule has 0 aliphatic carbocycles. The highest BCUT2D eigenvalue weighted by Gasteiger charge is 2.35. The van der Waals surface area contributed by atoms with Crippen LogP contribution in [0.4, 0.5) is 0 Å². The highest BCUT2D eigenvalue weighted by Crippen LogP contribution is 2.28. The zero-order chi connectivity index (χ0) is 12.5. The summed E-state index contributed by atoms with van der Waals surface area (Å²) in [7, 11) is -3.38. The van der Waals surface area contributed by atoms with Gasteiger partial charge >= 0.3 is 0 Å². The van der Waals surface area contributed by atoms with E-state index < -0.39 is 15.1 Å². The molecule has 0 saturated carbocycles. The highest BCUT2D eigenvalue weighted by atomic mass is 35.5. The van der Waals surface area contributed by atoms with Crippen molar-refractivity contribution in [2.45, 2.75) is 16.6 Å². The van der Waals surface area contributed by atoms with Crippen molar-refractivity contribution in [3.8, 4) is 0 Å². The fourth-order valence-electron chi connectivity index (χ4n) is 1.63. The fraction of sp³-hybridized carbons (Fsp3) is 0.455. The molecular weight excluding hydrogens is 264 g/mol. The molecule has 17 heavy (non-hydrogen) atoms. The van der Waals surface area contributed by atoms with Gasteiger partial charge in [0.25, 0.3) is 0 Å².